The van der Waals surface area contributed by atoms with E-state index in [0.717, 1.165) is 28.8 Å². The minimum atomic E-state index is -0.497. The number of nitrogens with zero attached hydrogens (tertiary/aromatic N) is 3. The summed E-state index contributed by atoms with van der Waals surface area (Å²) in [4.78, 5) is 16.3. The number of hydrogen-bond acceptors (Lipinski definition) is 4. The first-order valence-electron chi connectivity index (χ1n) is 8.90. The lowest BCUT2D eigenvalue weighted by Gasteiger charge is -2.15. The van der Waals surface area contributed by atoms with Crippen molar-refractivity contribution < 1.29 is 9.53 Å². The summed E-state index contributed by atoms with van der Waals surface area (Å²) in [5.41, 5.74) is 3.31. The van der Waals surface area contributed by atoms with Crippen molar-refractivity contribution in [3.05, 3.63) is 59.5 Å². The number of carbonyl (C=O) groups is 1. The van der Waals surface area contributed by atoms with Crippen LogP contribution in [0.4, 0.5) is 0 Å². The van der Waals surface area contributed by atoms with Gasteiger partial charge in [0.25, 0.3) is 5.91 Å². The fourth-order valence-electron chi connectivity index (χ4n) is 3.16. The Bertz CT molecular complexity index is 1020. The zero-order chi connectivity index (χ0) is 19.4. The molecular weight excluding hydrogens is 340 g/mol. The Hall–Kier alpha value is -3.33. The molecule has 0 fully saturated rings. The van der Waals surface area contributed by atoms with Crippen LogP contribution < -0.4 is 10.1 Å². The van der Waals surface area contributed by atoms with E-state index in [-0.39, 0.29) is 5.69 Å². The van der Waals surface area contributed by atoms with Crippen molar-refractivity contribution in [2.45, 2.75) is 32.7 Å². The SMILES string of the molecule is CCC(C)c1cc2cc(OC)ccc2n1Cc1cccc(C(=O)NC#N)n1. The van der Waals surface area contributed by atoms with Gasteiger partial charge in [-0.2, -0.15) is 5.26 Å². The van der Waals surface area contributed by atoms with Crippen molar-refractivity contribution in [3.63, 3.8) is 0 Å². The summed E-state index contributed by atoms with van der Waals surface area (Å²) in [5.74, 6) is 0.709. The Balaban J connectivity index is 2.04. The molecule has 2 heterocycles. The molecule has 1 aromatic carbocycles. The summed E-state index contributed by atoms with van der Waals surface area (Å²) in [6.45, 7) is 4.91. The number of pyridine rings is 1. The molecule has 1 amide bonds. The number of nitriles is 1. The van der Waals surface area contributed by atoms with Gasteiger partial charge in [-0.15, -0.1) is 0 Å². The molecule has 0 saturated heterocycles. The third-order valence-electron chi connectivity index (χ3n) is 4.79. The van der Waals surface area contributed by atoms with E-state index >= 15 is 0 Å². The van der Waals surface area contributed by atoms with Crippen LogP contribution in [0.3, 0.4) is 0 Å². The second-order valence-electron chi connectivity index (χ2n) is 6.47. The third kappa shape index (κ3) is 3.77. The van der Waals surface area contributed by atoms with Gasteiger partial charge in [-0.3, -0.25) is 10.1 Å². The number of benzene rings is 1. The largest absolute Gasteiger partial charge is 0.497 e. The molecule has 27 heavy (non-hydrogen) atoms. The molecule has 0 aliphatic rings. The Morgan fingerprint density at radius 1 is 1.33 bits per heavy atom. The standard InChI is InChI=1S/C21H22N4O2/c1-4-14(2)20-11-15-10-17(27-3)8-9-19(15)25(20)12-16-6-5-7-18(24-16)21(26)23-13-22/h5-11,14H,4,12H2,1-3H3,(H,23,26). The Morgan fingerprint density at radius 3 is 2.85 bits per heavy atom. The topological polar surface area (TPSA) is 79.9 Å². The van der Waals surface area contributed by atoms with Crippen LogP contribution in [0.2, 0.25) is 0 Å². The average Bonchev–Trinajstić information content (AvgIpc) is 3.05. The van der Waals surface area contributed by atoms with Gasteiger partial charge in [0, 0.05) is 16.6 Å². The van der Waals surface area contributed by atoms with E-state index in [0.29, 0.717) is 12.5 Å². The lowest BCUT2D eigenvalue weighted by Crippen LogP contribution is -2.19. The first kappa shape index (κ1) is 18.5. The molecule has 0 aliphatic heterocycles. The van der Waals surface area contributed by atoms with Crippen LogP contribution in [0.25, 0.3) is 10.9 Å². The van der Waals surface area contributed by atoms with Gasteiger partial charge in [0.05, 0.1) is 19.3 Å². The molecule has 0 saturated carbocycles. The molecular formula is C21H22N4O2. The first-order valence-corrected chi connectivity index (χ1v) is 8.90. The van der Waals surface area contributed by atoms with Crippen molar-refractivity contribution in [2.75, 3.05) is 7.11 Å². The highest BCUT2D eigenvalue weighted by molar-refractivity contribution is 5.93. The smallest absolute Gasteiger partial charge is 0.282 e. The molecule has 3 rings (SSSR count). The normalized spacial score (nSPS) is 11.8. The predicted molar refractivity (Wildman–Crippen MR) is 104 cm³/mol. The van der Waals surface area contributed by atoms with E-state index in [4.69, 9.17) is 10.00 Å². The molecule has 6 heteroatoms. The van der Waals surface area contributed by atoms with Crippen molar-refractivity contribution in [1.29, 1.82) is 5.26 Å². The summed E-state index contributed by atoms with van der Waals surface area (Å²) in [7, 11) is 1.66. The fraction of sp³-hybridized carbons (Fsp3) is 0.286. The van der Waals surface area contributed by atoms with E-state index in [2.05, 4.69) is 34.8 Å². The highest BCUT2D eigenvalue weighted by Gasteiger charge is 2.16. The third-order valence-corrected chi connectivity index (χ3v) is 4.79. The van der Waals surface area contributed by atoms with Gasteiger partial charge in [-0.1, -0.05) is 19.9 Å². The van der Waals surface area contributed by atoms with E-state index in [1.165, 1.54) is 5.69 Å². The summed E-state index contributed by atoms with van der Waals surface area (Å²) in [6.07, 6.45) is 2.66. The van der Waals surface area contributed by atoms with Gasteiger partial charge >= 0.3 is 0 Å². The Kier molecular flexibility index (Phi) is 5.41. The molecule has 0 aliphatic carbocycles. The van der Waals surface area contributed by atoms with E-state index in [1.54, 1.807) is 25.4 Å². The zero-order valence-corrected chi connectivity index (χ0v) is 15.7. The van der Waals surface area contributed by atoms with Crippen molar-refractivity contribution in [2.24, 2.45) is 0 Å². The van der Waals surface area contributed by atoms with Gasteiger partial charge in [0.15, 0.2) is 6.19 Å². The number of ether oxygens (including phenoxy) is 1. The second kappa shape index (κ2) is 7.92. The molecule has 0 radical (unpaired) electrons. The summed E-state index contributed by atoms with van der Waals surface area (Å²) in [5, 5.41) is 11.9. The van der Waals surface area contributed by atoms with E-state index in [9.17, 15) is 4.79 Å². The minimum Gasteiger partial charge on any atom is -0.497 e. The molecule has 1 atom stereocenters. The molecule has 0 bridgehead atoms. The average molecular weight is 362 g/mol. The number of fused-ring (bicyclic) bond motifs is 1. The summed E-state index contributed by atoms with van der Waals surface area (Å²) < 4.78 is 7.58. The van der Waals surface area contributed by atoms with Gasteiger partial charge in [0.1, 0.15) is 11.4 Å². The van der Waals surface area contributed by atoms with Crippen molar-refractivity contribution >= 4 is 16.8 Å². The van der Waals surface area contributed by atoms with Crippen LogP contribution >= 0.6 is 0 Å². The maximum absolute atomic E-state index is 11.9. The van der Waals surface area contributed by atoms with E-state index < -0.39 is 5.91 Å². The first-order chi connectivity index (χ1) is 13.1. The lowest BCUT2D eigenvalue weighted by atomic mass is 10.0. The molecule has 3 aromatic rings. The monoisotopic (exact) mass is 362 g/mol. The van der Waals surface area contributed by atoms with Gasteiger partial charge in [-0.05, 0) is 48.7 Å². The maximum Gasteiger partial charge on any atom is 0.282 e. The summed E-state index contributed by atoms with van der Waals surface area (Å²) >= 11 is 0. The minimum absolute atomic E-state index is 0.234. The molecule has 1 N–H and O–H groups in total. The molecule has 138 valence electrons. The molecule has 0 spiro atoms. The Morgan fingerprint density at radius 2 is 2.15 bits per heavy atom. The van der Waals surface area contributed by atoms with Crippen LogP contribution in [-0.2, 0) is 6.54 Å². The molecule has 6 nitrogen and oxygen atoms in total. The number of rotatable bonds is 6. The quantitative estimate of drug-likeness (QED) is 0.534. The number of carbonyl (C=O) groups excluding carboxylic acids is 1. The predicted octanol–water partition coefficient (Wildman–Crippen LogP) is 3.82. The second-order valence-corrected chi connectivity index (χ2v) is 6.47. The van der Waals surface area contributed by atoms with Crippen LogP contribution in [-0.4, -0.2) is 22.6 Å². The molecule has 1 unspecified atom stereocenters. The highest BCUT2D eigenvalue weighted by atomic mass is 16.5. The van der Waals surface area contributed by atoms with Crippen molar-refractivity contribution in [3.8, 4) is 11.9 Å². The van der Waals surface area contributed by atoms with Gasteiger partial charge in [-0.25, -0.2) is 4.98 Å². The van der Waals surface area contributed by atoms with E-state index in [1.807, 2.05) is 24.3 Å². The number of methoxy groups -OCH3 is 1. The van der Waals surface area contributed by atoms with Gasteiger partial charge in [0.2, 0.25) is 0 Å². The van der Waals surface area contributed by atoms with Crippen LogP contribution in [0, 0.1) is 11.5 Å². The zero-order valence-electron chi connectivity index (χ0n) is 15.7. The van der Waals surface area contributed by atoms with Gasteiger partial charge < -0.3 is 9.30 Å². The number of aromatic nitrogens is 2. The highest BCUT2D eigenvalue weighted by Crippen LogP contribution is 2.30. The number of hydrogen-bond donors (Lipinski definition) is 1. The fourth-order valence-corrected chi connectivity index (χ4v) is 3.16. The number of nitrogens with one attached hydrogen (secondary N) is 1. The van der Waals surface area contributed by atoms with Crippen LogP contribution in [0.5, 0.6) is 5.75 Å². The number of amides is 1. The summed E-state index contributed by atoms with van der Waals surface area (Å²) in [6, 6.07) is 13.5. The van der Waals surface area contributed by atoms with Crippen LogP contribution in [0.15, 0.2) is 42.5 Å². The van der Waals surface area contributed by atoms with Crippen LogP contribution in [0.1, 0.15) is 48.1 Å². The molecule has 2 aromatic heterocycles. The Labute approximate surface area is 158 Å². The lowest BCUT2D eigenvalue weighted by molar-refractivity contribution is 0.0967. The maximum atomic E-state index is 11.9. The van der Waals surface area contributed by atoms with Crippen molar-refractivity contribution in [1.82, 2.24) is 14.9 Å².